The van der Waals surface area contributed by atoms with Gasteiger partial charge in [0.15, 0.2) is 11.5 Å². The number of ether oxygens (including phenoxy) is 2. The monoisotopic (exact) mass is 611 g/mol. The summed E-state index contributed by atoms with van der Waals surface area (Å²) >= 11 is 0. The van der Waals surface area contributed by atoms with E-state index in [0.717, 1.165) is 16.3 Å². The standard InChI is InChI=1S/C30H33N3O11/c1-2-17-18(32-13-31-17)8-16-7-14(3-5-21(16)35)4-6-25(37)33-19-11-23(22(36)10-15(19)9-20(33)29(41)42)43-30-28(40)27(39)26(38)24(12-34)44-30/h3-7,10-11,20,24,26-28,30,34-36,38-40H,2,8-9,12-13H2,1H3,(H,41,42)/b6-4+/t20-,24-,26-,27+,28-,30-/m1/s1. The average Bonchev–Trinajstić information content (AvgIpc) is 3.61. The van der Waals surface area contributed by atoms with Gasteiger partial charge in [0.2, 0.25) is 6.29 Å². The maximum Gasteiger partial charge on any atom is 0.327 e. The number of aromatic hydroxyl groups is 2. The number of anilines is 1. The van der Waals surface area contributed by atoms with Crippen molar-refractivity contribution in [3.05, 3.63) is 53.1 Å². The summed E-state index contributed by atoms with van der Waals surface area (Å²) in [5.74, 6) is -2.65. The van der Waals surface area contributed by atoms with Gasteiger partial charge < -0.3 is 45.2 Å². The average molecular weight is 612 g/mol. The van der Waals surface area contributed by atoms with Crippen molar-refractivity contribution in [3.63, 3.8) is 0 Å². The molecule has 2 aromatic carbocycles. The molecule has 3 aliphatic heterocycles. The number of carbonyl (C=O) groups excluding carboxylic acids is 1. The van der Waals surface area contributed by atoms with Crippen LogP contribution in [-0.4, -0.2) is 109 Å². The van der Waals surface area contributed by atoms with Crippen LogP contribution in [0.2, 0.25) is 0 Å². The van der Waals surface area contributed by atoms with Crippen LogP contribution in [0, 0.1) is 0 Å². The molecule has 5 rings (SSSR count). The third-order valence-electron chi connectivity index (χ3n) is 7.83. The molecule has 14 nitrogen and oxygen atoms in total. The van der Waals surface area contributed by atoms with Crippen LogP contribution >= 0.6 is 0 Å². The number of phenols is 2. The molecule has 0 bridgehead atoms. The van der Waals surface area contributed by atoms with Gasteiger partial charge in [-0.25, -0.2) is 4.79 Å². The van der Waals surface area contributed by atoms with Crippen molar-refractivity contribution in [3.8, 4) is 17.2 Å². The van der Waals surface area contributed by atoms with E-state index in [9.17, 15) is 45.3 Å². The number of aliphatic carboxylic acids is 1. The molecule has 234 valence electrons. The second kappa shape index (κ2) is 12.7. The molecular weight excluding hydrogens is 578 g/mol. The Morgan fingerprint density at radius 3 is 2.50 bits per heavy atom. The number of fused-ring (bicyclic) bond motifs is 1. The number of benzene rings is 2. The molecule has 7 N–H and O–H groups in total. The third-order valence-corrected chi connectivity index (χ3v) is 7.83. The minimum Gasteiger partial charge on any atom is -0.508 e. The first kappa shape index (κ1) is 31.1. The molecule has 0 radical (unpaired) electrons. The Bertz CT molecular complexity index is 1540. The van der Waals surface area contributed by atoms with Gasteiger partial charge in [0.25, 0.3) is 5.91 Å². The molecule has 2 aromatic rings. The lowest BCUT2D eigenvalue weighted by Crippen LogP contribution is -2.60. The SMILES string of the molecule is CCC1=NCN=C1Cc1cc(/C=C/C(=O)N2c3cc(O[C@@H]4O[C@H](CO)[C@@H](O)[C@H](O)[C@H]4O)c(O)cc3C[C@@H]2C(=O)O)ccc1O. The summed E-state index contributed by atoms with van der Waals surface area (Å²) in [6.07, 6.45) is -4.35. The molecule has 0 aliphatic carbocycles. The van der Waals surface area contributed by atoms with E-state index in [0.29, 0.717) is 36.2 Å². The van der Waals surface area contributed by atoms with Crippen molar-refractivity contribution in [2.24, 2.45) is 9.98 Å². The lowest BCUT2D eigenvalue weighted by atomic mass is 9.99. The Balaban J connectivity index is 1.39. The van der Waals surface area contributed by atoms with Gasteiger partial charge in [-0.3, -0.25) is 19.7 Å². The smallest absolute Gasteiger partial charge is 0.327 e. The van der Waals surface area contributed by atoms with Gasteiger partial charge in [0.1, 0.15) is 42.9 Å². The normalized spacial score (nSPS) is 26.4. The van der Waals surface area contributed by atoms with Crippen LogP contribution in [0.5, 0.6) is 17.2 Å². The van der Waals surface area contributed by atoms with Gasteiger partial charge in [-0.05, 0) is 41.8 Å². The molecule has 6 atom stereocenters. The Labute approximate surface area is 251 Å². The number of hydrogen-bond acceptors (Lipinski definition) is 12. The van der Waals surface area contributed by atoms with Crippen LogP contribution in [0.25, 0.3) is 6.08 Å². The number of rotatable bonds is 9. The number of carbonyl (C=O) groups is 2. The first-order valence-corrected chi connectivity index (χ1v) is 14.0. The Hall–Kier alpha value is -4.34. The third kappa shape index (κ3) is 6.02. The summed E-state index contributed by atoms with van der Waals surface area (Å²) in [6, 6.07) is 5.94. The van der Waals surface area contributed by atoms with E-state index in [1.807, 2.05) is 6.92 Å². The van der Waals surface area contributed by atoms with Crippen molar-refractivity contribution in [1.82, 2.24) is 0 Å². The zero-order chi connectivity index (χ0) is 31.7. The zero-order valence-electron chi connectivity index (χ0n) is 23.6. The quantitative estimate of drug-likeness (QED) is 0.189. The van der Waals surface area contributed by atoms with Crippen LogP contribution in [0.4, 0.5) is 5.69 Å². The van der Waals surface area contributed by atoms with Crippen molar-refractivity contribution in [2.45, 2.75) is 62.9 Å². The summed E-state index contributed by atoms with van der Waals surface area (Å²) < 4.78 is 10.9. The highest BCUT2D eigenvalue weighted by molar-refractivity contribution is 6.43. The van der Waals surface area contributed by atoms with E-state index in [1.54, 1.807) is 12.1 Å². The van der Waals surface area contributed by atoms with Crippen molar-refractivity contribution in [2.75, 3.05) is 18.2 Å². The first-order chi connectivity index (χ1) is 21.0. The lowest BCUT2D eigenvalue weighted by Gasteiger charge is -2.39. The van der Waals surface area contributed by atoms with Gasteiger partial charge in [-0.2, -0.15) is 0 Å². The van der Waals surface area contributed by atoms with Crippen LogP contribution < -0.4 is 9.64 Å². The Morgan fingerprint density at radius 2 is 1.80 bits per heavy atom. The fourth-order valence-electron chi connectivity index (χ4n) is 5.45. The van der Waals surface area contributed by atoms with Crippen LogP contribution in [0.3, 0.4) is 0 Å². The lowest BCUT2D eigenvalue weighted by molar-refractivity contribution is -0.277. The highest BCUT2D eigenvalue weighted by Crippen LogP contribution is 2.42. The van der Waals surface area contributed by atoms with Crippen LogP contribution in [0.1, 0.15) is 30.0 Å². The fraction of sp³-hybridized carbons (Fsp3) is 0.400. The number of carboxylic acids is 1. The van der Waals surface area contributed by atoms with Crippen molar-refractivity contribution >= 4 is 35.1 Å². The predicted octanol–water partition coefficient (Wildman–Crippen LogP) is 0.138. The Kier molecular flexibility index (Phi) is 8.99. The number of nitrogens with zero attached hydrogens (tertiary/aromatic N) is 3. The molecule has 14 heteroatoms. The van der Waals surface area contributed by atoms with E-state index < -0.39 is 61.0 Å². The number of carboxylic acid groups (broad SMARTS) is 1. The fourth-order valence-corrected chi connectivity index (χ4v) is 5.45. The Morgan fingerprint density at radius 1 is 1.05 bits per heavy atom. The predicted molar refractivity (Wildman–Crippen MR) is 156 cm³/mol. The summed E-state index contributed by atoms with van der Waals surface area (Å²) in [6.45, 7) is 1.63. The summed E-state index contributed by atoms with van der Waals surface area (Å²) in [5, 5.41) is 70.8. The number of phenolic OH excluding ortho intramolecular Hbond substituents is 2. The number of aliphatic hydroxyl groups excluding tert-OH is 4. The minimum atomic E-state index is -1.76. The maximum absolute atomic E-state index is 13.4. The van der Waals surface area contributed by atoms with E-state index in [-0.39, 0.29) is 23.6 Å². The van der Waals surface area contributed by atoms with Crippen LogP contribution in [0.15, 0.2) is 46.4 Å². The zero-order valence-corrected chi connectivity index (χ0v) is 23.6. The summed E-state index contributed by atoms with van der Waals surface area (Å²) in [4.78, 5) is 35.3. The summed E-state index contributed by atoms with van der Waals surface area (Å²) in [7, 11) is 0. The molecule has 0 saturated carbocycles. The molecule has 44 heavy (non-hydrogen) atoms. The molecule has 1 fully saturated rings. The van der Waals surface area contributed by atoms with Crippen molar-refractivity contribution in [1.29, 1.82) is 0 Å². The van der Waals surface area contributed by atoms with Crippen molar-refractivity contribution < 1.29 is 54.8 Å². The van der Waals surface area contributed by atoms with Gasteiger partial charge in [0, 0.05) is 30.5 Å². The van der Waals surface area contributed by atoms with E-state index in [4.69, 9.17) is 9.47 Å². The second-order valence-electron chi connectivity index (χ2n) is 10.6. The highest BCUT2D eigenvalue weighted by Gasteiger charge is 2.45. The number of amides is 1. The molecule has 0 unspecified atom stereocenters. The largest absolute Gasteiger partial charge is 0.508 e. The first-order valence-electron chi connectivity index (χ1n) is 14.0. The number of aliphatic imine (C=N–C) groups is 2. The number of hydrogen-bond donors (Lipinski definition) is 7. The van der Waals surface area contributed by atoms with E-state index >= 15 is 0 Å². The molecule has 3 aliphatic rings. The molecule has 1 saturated heterocycles. The van der Waals surface area contributed by atoms with Gasteiger partial charge >= 0.3 is 5.97 Å². The van der Waals surface area contributed by atoms with E-state index in [2.05, 4.69) is 9.98 Å². The molecule has 1 amide bonds. The molecule has 0 spiro atoms. The van der Waals surface area contributed by atoms with E-state index in [1.165, 1.54) is 30.4 Å². The van der Waals surface area contributed by atoms with Crippen LogP contribution in [-0.2, 0) is 27.2 Å². The maximum atomic E-state index is 13.4. The minimum absolute atomic E-state index is 0.0599. The highest BCUT2D eigenvalue weighted by atomic mass is 16.7. The number of aliphatic hydroxyl groups is 4. The molecule has 0 aromatic heterocycles. The van der Waals surface area contributed by atoms with Gasteiger partial charge in [0.05, 0.1) is 23.7 Å². The topological polar surface area (TPSA) is 222 Å². The van der Waals surface area contributed by atoms with Gasteiger partial charge in [-0.1, -0.05) is 13.0 Å². The second-order valence-corrected chi connectivity index (χ2v) is 10.6. The summed E-state index contributed by atoms with van der Waals surface area (Å²) in [5.41, 5.74) is 3.28. The molecule has 3 heterocycles. The van der Waals surface area contributed by atoms with Gasteiger partial charge in [-0.15, -0.1) is 0 Å². The molecular formula is C30H33N3O11.